The molecule has 134 valence electrons. The van der Waals surface area contributed by atoms with Crippen molar-refractivity contribution in [1.82, 2.24) is 4.31 Å². The Morgan fingerprint density at radius 2 is 1.64 bits per heavy atom. The highest BCUT2D eigenvalue weighted by Gasteiger charge is 2.21. The van der Waals surface area contributed by atoms with Crippen LogP contribution in [0, 0.1) is 0 Å². The molecule has 2 aromatic carbocycles. The molecule has 0 spiro atoms. The molecule has 0 unspecified atom stereocenters. The van der Waals surface area contributed by atoms with E-state index in [1.165, 1.54) is 35.6 Å². The van der Waals surface area contributed by atoms with E-state index in [0.717, 1.165) is 5.56 Å². The Morgan fingerprint density at radius 3 is 2.16 bits per heavy atom. The quantitative estimate of drug-likeness (QED) is 0.707. The molecule has 25 heavy (non-hydrogen) atoms. The van der Waals surface area contributed by atoms with Crippen LogP contribution in [0.25, 0.3) is 0 Å². The summed E-state index contributed by atoms with van der Waals surface area (Å²) in [5, 5.41) is 0. The van der Waals surface area contributed by atoms with Crippen molar-refractivity contribution < 1.29 is 22.7 Å². The van der Waals surface area contributed by atoms with Gasteiger partial charge in [-0.25, -0.2) is 13.2 Å². The van der Waals surface area contributed by atoms with E-state index in [4.69, 9.17) is 9.47 Å². The molecule has 2 aromatic rings. The predicted molar refractivity (Wildman–Crippen MR) is 94.0 cm³/mol. The van der Waals surface area contributed by atoms with Gasteiger partial charge in [0.1, 0.15) is 5.75 Å². The number of carbonyl (C=O) groups excluding carboxylic acids is 1. The number of hydrogen-bond donors (Lipinski definition) is 0. The topological polar surface area (TPSA) is 72.9 Å². The molecule has 0 aliphatic carbocycles. The van der Waals surface area contributed by atoms with Crippen molar-refractivity contribution >= 4 is 16.0 Å². The molecule has 7 heteroatoms. The zero-order valence-corrected chi connectivity index (χ0v) is 15.2. The molecule has 0 fully saturated rings. The number of ether oxygens (including phenoxy) is 2. The van der Waals surface area contributed by atoms with Gasteiger partial charge in [-0.3, -0.25) is 0 Å². The zero-order valence-electron chi connectivity index (χ0n) is 14.4. The molecule has 0 amide bonds. The molecule has 0 aliphatic heterocycles. The van der Waals surface area contributed by atoms with Crippen LogP contribution in [0.4, 0.5) is 0 Å². The lowest BCUT2D eigenvalue weighted by molar-refractivity contribution is 0.0526. The molecule has 6 nitrogen and oxygen atoms in total. The van der Waals surface area contributed by atoms with Gasteiger partial charge >= 0.3 is 5.97 Å². The summed E-state index contributed by atoms with van der Waals surface area (Å²) in [7, 11) is -0.570. The third-order valence-corrected chi connectivity index (χ3v) is 5.46. The zero-order chi connectivity index (χ0) is 18.4. The van der Waals surface area contributed by atoms with Crippen LogP contribution in [0.3, 0.4) is 0 Å². The van der Waals surface area contributed by atoms with Crippen LogP contribution in [-0.2, 0) is 21.3 Å². The second-order valence-electron chi connectivity index (χ2n) is 5.35. The molecule has 0 saturated carbocycles. The summed E-state index contributed by atoms with van der Waals surface area (Å²) in [6.45, 7) is 2.21. The largest absolute Gasteiger partial charge is 0.497 e. The second-order valence-corrected chi connectivity index (χ2v) is 7.40. The molecule has 0 heterocycles. The monoisotopic (exact) mass is 363 g/mol. The molecule has 0 N–H and O–H groups in total. The van der Waals surface area contributed by atoms with Gasteiger partial charge in [0.05, 0.1) is 24.2 Å². The molecular formula is C18H21NO5S. The number of carbonyl (C=O) groups is 1. The normalized spacial score (nSPS) is 11.4. The van der Waals surface area contributed by atoms with Gasteiger partial charge in [-0.1, -0.05) is 12.1 Å². The lowest BCUT2D eigenvalue weighted by atomic mass is 10.2. The summed E-state index contributed by atoms with van der Waals surface area (Å²) in [4.78, 5) is 11.8. The molecule has 0 bridgehead atoms. The fourth-order valence-corrected chi connectivity index (χ4v) is 3.39. The molecule has 2 rings (SSSR count). The smallest absolute Gasteiger partial charge is 0.338 e. The van der Waals surface area contributed by atoms with Crippen LogP contribution in [0.1, 0.15) is 22.8 Å². The minimum absolute atomic E-state index is 0.122. The van der Waals surface area contributed by atoms with Gasteiger partial charge in [-0.2, -0.15) is 4.31 Å². The van der Waals surface area contributed by atoms with Gasteiger partial charge in [0.2, 0.25) is 10.0 Å². The molecule has 0 aromatic heterocycles. The van der Waals surface area contributed by atoms with Crippen molar-refractivity contribution in [3.63, 3.8) is 0 Å². The van der Waals surface area contributed by atoms with Gasteiger partial charge in [0.25, 0.3) is 0 Å². The van der Waals surface area contributed by atoms with Crippen LogP contribution in [0.5, 0.6) is 5.75 Å². The van der Waals surface area contributed by atoms with E-state index in [2.05, 4.69) is 0 Å². The van der Waals surface area contributed by atoms with Gasteiger partial charge < -0.3 is 9.47 Å². The van der Waals surface area contributed by atoms with Gasteiger partial charge in [0, 0.05) is 13.6 Å². The van der Waals surface area contributed by atoms with E-state index in [-0.39, 0.29) is 18.0 Å². The van der Waals surface area contributed by atoms with Crippen LogP contribution in [0.15, 0.2) is 53.4 Å². The average molecular weight is 363 g/mol. The van der Waals surface area contributed by atoms with Crippen molar-refractivity contribution in [2.45, 2.75) is 18.4 Å². The first kappa shape index (κ1) is 19.0. The first-order valence-corrected chi connectivity index (χ1v) is 9.19. The Bertz CT molecular complexity index is 814. The van der Waals surface area contributed by atoms with E-state index in [9.17, 15) is 13.2 Å². The van der Waals surface area contributed by atoms with Crippen molar-refractivity contribution in [1.29, 1.82) is 0 Å². The molecule has 0 aliphatic rings. The van der Waals surface area contributed by atoms with Crippen LogP contribution >= 0.6 is 0 Å². The van der Waals surface area contributed by atoms with Crippen molar-refractivity contribution in [2.75, 3.05) is 20.8 Å². The van der Waals surface area contributed by atoms with E-state index < -0.39 is 16.0 Å². The highest BCUT2D eigenvalue weighted by molar-refractivity contribution is 7.89. The number of sulfonamides is 1. The fraction of sp³-hybridized carbons (Fsp3) is 0.278. The fourth-order valence-electron chi connectivity index (χ4n) is 2.23. The molecule has 0 saturated heterocycles. The summed E-state index contributed by atoms with van der Waals surface area (Å²) < 4.78 is 36.5. The maximum absolute atomic E-state index is 12.7. The minimum Gasteiger partial charge on any atom is -0.497 e. The Morgan fingerprint density at radius 1 is 1.04 bits per heavy atom. The van der Waals surface area contributed by atoms with Gasteiger partial charge in [-0.15, -0.1) is 0 Å². The van der Waals surface area contributed by atoms with E-state index in [1.807, 2.05) is 12.1 Å². The number of benzene rings is 2. The Labute approximate surface area is 148 Å². The highest BCUT2D eigenvalue weighted by atomic mass is 32.2. The maximum Gasteiger partial charge on any atom is 0.338 e. The first-order valence-electron chi connectivity index (χ1n) is 7.75. The van der Waals surface area contributed by atoms with Crippen molar-refractivity contribution in [3.05, 3.63) is 59.7 Å². The van der Waals surface area contributed by atoms with Crippen molar-refractivity contribution in [3.8, 4) is 5.75 Å². The number of esters is 1. The Kier molecular flexibility index (Phi) is 6.17. The summed E-state index contributed by atoms with van der Waals surface area (Å²) in [5.41, 5.74) is 1.16. The molecular weight excluding hydrogens is 342 g/mol. The minimum atomic E-state index is -3.66. The van der Waals surface area contributed by atoms with Crippen LogP contribution in [-0.4, -0.2) is 39.5 Å². The third kappa shape index (κ3) is 4.58. The molecule has 0 radical (unpaired) electrons. The molecule has 0 atom stereocenters. The maximum atomic E-state index is 12.7. The van der Waals surface area contributed by atoms with Crippen LogP contribution < -0.4 is 4.74 Å². The average Bonchev–Trinajstić information content (AvgIpc) is 2.62. The first-order chi connectivity index (χ1) is 11.9. The SMILES string of the molecule is CCOC(=O)c1ccc(S(=O)(=O)N(C)Cc2ccc(OC)cc2)cc1. The number of nitrogens with zero attached hydrogens (tertiary/aromatic N) is 1. The Hall–Kier alpha value is -2.38. The summed E-state index contributed by atoms with van der Waals surface area (Å²) in [6.07, 6.45) is 0. The Balaban J connectivity index is 2.14. The number of methoxy groups -OCH3 is 1. The van der Waals surface area contributed by atoms with Gasteiger partial charge in [0.15, 0.2) is 0 Å². The third-order valence-electron chi connectivity index (χ3n) is 3.64. The van der Waals surface area contributed by atoms with E-state index in [1.54, 1.807) is 26.2 Å². The van der Waals surface area contributed by atoms with Crippen LogP contribution in [0.2, 0.25) is 0 Å². The highest BCUT2D eigenvalue weighted by Crippen LogP contribution is 2.19. The second kappa shape index (κ2) is 8.13. The number of hydrogen-bond acceptors (Lipinski definition) is 5. The van der Waals surface area contributed by atoms with E-state index in [0.29, 0.717) is 11.3 Å². The summed E-state index contributed by atoms with van der Waals surface area (Å²) in [5.74, 6) is 0.238. The predicted octanol–water partition coefficient (Wildman–Crippen LogP) is 2.69. The summed E-state index contributed by atoms with van der Waals surface area (Å²) >= 11 is 0. The number of rotatable bonds is 7. The standard InChI is InChI=1S/C18H21NO5S/c1-4-24-18(20)15-7-11-17(12-8-15)25(21,22)19(2)13-14-5-9-16(23-3)10-6-14/h5-12H,4,13H2,1-3H3. The summed E-state index contributed by atoms with van der Waals surface area (Å²) in [6, 6.07) is 12.9. The lowest BCUT2D eigenvalue weighted by Crippen LogP contribution is -2.26. The van der Waals surface area contributed by atoms with E-state index >= 15 is 0 Å². The van der Waals surface area contributed by atoms with Crippen molar-refractivity contribution in [2.24, 2.45) is 0 Å². The van der Waals surface area contributed by atoms with Gasteiger partial charge in [-0.05, 0) is 48.9 Å². The lowest BCUT2D eigenvalue weighted by Gasteiger charge is -2.17.